The van der Waals surface area contributed by atoms with Gasteiger partial charge in [-0.15, -0.1) is 0 Å². The maximum Gasteiger partial charge on any atom is 0.240 e. The normalized spacial score (nSPS) is 12.4. The van der Waals surface area contributed by atoms with Crippen molar-refractivity contribution in [3.63, 3.8) is 0 Å². The Labute approximate surface area is 109 Å². The van der Waals surface area contributed by atoms with Gasteiger partial charge in [-0.1, -0.05) is 13.8 Å². The van der Waals surface area contributed by atoms with E-state index >= 15 is 0 Å². The standard InChI is InChI=1S/C13H24N4O/c1-4-6-14-9-12-15-7-8-17(12)10-13(18)16-11(3)5-2/h7-8,11,14H,4-6,9-10H2,1-3H3,(H,16,18). The predicted octanol–water partition coefficient (Wildman–Crippen LogP) is 1.30. The van der Waals surface area contributed by atoms with Gasteiger partial charge in [-0.05, 0) is 26.3 Å². The summed E-state index contributed by atoms with van der Waals surface area (Å²) >= 11 is 0. The first kappa shape index (κ1) is 14.7. The highest BCUT2D eigenvalue weighted by Crippen LogP contribution is 1.98. The molecule has 1 atom stereocenters. The third kappa shape index (κ3) is 4.87. The second-order valence-electron chi connectivity index (χ2n) is 4.52. The van der Waals surface area contributed by atoms with Crippen LogP contribution in [0, 0.1) is 0 Å². The van der Waals surface area contributed by atoms with Gasteiger partial charge in [-0.25, -0.2) is 4.98 Å². The highest BCUT2D eigenvalue weighted by Gasteiger charge is 2.09. The molecule has 1 aromatic rings. The fourth-order valence-corrected chi connectivity index (χ4v) is 1.61. The molecular weight excluding hydrogens is 228 g/mol. The molecular formula is C13H24N4O. The van der Waals surface area contributed by atoms with Crippen LogP contribution in [0.5, 0.6) is 0 Å². The average molecular weight is 252 g/mol. The van der Waals surface area contributed by atoms with Crippen LogP contribution in [0.25, 0.3) is 0 Å². The van der Waals surface area contributed by atoms with Crippen molar-refractivity contribution in [2.45, 2.75) is 52.7 Å². The van der Waals surface area contributed by atoms with Crippen LogP contribution < -0.4 is 10.6 Å². The van der Waals surface area contributed by atoms with E-state index in [0.717, 1.165) is 25.2 Å². The molecule has 1 rings (SSSR count). The molecule has 1 heterocycles. The van der Waals surface area contributed by atoms with Gasteiger partial charge in [-0.2, -0.15) is 0 Å². The van der Waals surface area contributed by atoms with E-state index in [0.29, 0.717) is 13.1 Å². The van der Waals surface area contributed by atoms with E-state index < -0.39 is 0 Å². The largest absolute Gasteiger partial charge is 0.352 e. The number of nitrogens with one attached hydrogen (secondary N) is 2. The molecule has 0 fully saturated rings. The van der Waals surface area contributed by atoms with Crippen molar-refractivity contribution in [3.05, 3.63) is 18.2 Å². The summed E-state index contributed by atoms with van der Waals surface area (Å²) in [5.41, 5.74) is 0. The molecule has 0 radical (unpaired) electrons. The van der Waals surface area contributed by atoms with E-state index in [9.17, 15) is 4.79 Å². The van der Waals surface area contributed by atoms with Crippen LogP contribution in [0.4, 0.5) is 0 Å². The van der Waals surface area contributed by atoms with Crippen LogP contribution in [0.15, 0.2) is 12.4 Å². The van der Waals surface area contributed by atoms with Gasteiger partial charge in [0.25, 0.3) is 0 Å². The zero-order valence-corrected chi connectivity index (χ0v) is 11.6. The van der Waals surface area contributed by atoms with Crippen LogP contribution in [0.1, 0.15) is 39.4 Å². The molecule has 1 amide bonds. The van der Waals surface area contributed by atoms with Gasteiger partial charge < -0.3 is 15.2 Å². The molecule has 0 saturated heterocycles. The molecule has 5 heteroatoms. The minimum Gasteiger partial charge on any atom is -0.352 e. The Bertz CT molecular complexity index is 362. The zero-order chi connectivity index (χ0) is 13.4. The van der Waals surface area contributed by atoms with Gasteiger partial charge in [0, 0.05) is 18.4 Å². The average Bonchev–Trinajstić information content (AvgIpc) is 2.76. The van der Waals surface area contributed by atoms with E-state index in [1.54, 1.807) is 6.20 Å². The van der Waals surface area contributed by atoms with E-state index in [2.05, 4.69) is 29.5 Å². The minimum absolute atomic E-state index is 0.0408. The fraction of sp³-hybridized carbons (Fsp3) is 0.692. The fourth-order valence-electron chi connectivity index (χ4n) is 1.61. The Morgan fingerprint density at radius 3 is 2.94 bits per heavy atom. The van der Waals surface area contributed by atoms with Crippen molar-refractivity contribution in [2.75, 3.05) is 6.54 Å². The highest BCUT2D eigenvalue weighted by atomic mass is 16.2. The topological polar surface area (TPSA) is 59.0 Å². The first-order valence-corrected chi connectivity index (χ1v) is 6.67. The zero-order valence-electron chi connectivity index (χ0n) is 11.6. The van der Waals surface area contributed by atoms with Gasteiger partial charge in [0.1, 0.15) is 12.4 Å². The van der Waals surface area contributed by atoms with Crippen LogP contribution in [0.3, 0.4) is 0 Å². The predicted molar refractivity (Wildman–Crippen MR) is 72.1 cm³/mol. The SMILES string of the molecule is CCCNCc1nccn1CC(=O)NC(C)CC. The van der Waals surface area contributed by atoms with Crippen molar-refractivity contribution in [3.8, 4) is 0 Å². The lowest BCUT2D eigenvalue weighted by atomic mass is 10.2. The molecule has 1 unspecified atom stereocenters. The molecule has 0 spiro atoms. The summed E-state index contributed by atoms with van der Waals surface area (Å²) in [5.74, 6) is 0.946. The molecule has 0 saturated carbocycles. The quantitative estimate of drug-likeness (QED) is 0.686. The van der Waals surface area contributed by atoms with E-state index in [1.807, 2.05) is 17.7 Å². The van der Waals surface area contributed by atoms with Crippen LogP contribution in [-0.4, -0.2) is 28.0 Å². The molecule has 2 N–H and O–H groups in total. The molecule has 5 nitrogen and oxygen atoms in total. The summed E-state index contributed by atoms with van der Waals surface area (Å²) in [7, 11) is 0. The first-order chi connectivity index (χ1) is 8.67. The summed E-state index contributed by atoms with van der Waals surface area (Å²) in [6, 6.07) is 0.225. The summed E-state index contributed by atoms with van der Waals surface area (Å²) in [6.45, 7) is 8.20. The van der Waals surface area contributed by atoms with Gasteiger partial charge in [-0.3, -0.25) is 4.79 Å². The number of rotatable bonds is 8. The van der Waals surface area contributed by atoms with Gasteiger partial charge in [0.2, 0.25) is 5.91 Å². The molecule has 0 aliphatic carbocycles. The summed E-state index contributed by atoms with van der Waals surface area (Å²) in [6.07, 6.45) is 5.62. The lowest BCUT2D eigenvalue weighted by Crippen LogP contribution is -2.35. The minimum atomic E-state index is 0.0408. The molecule has 0 bridgehead atoms. The Balaban J connectivity index is 2.46. The number of carbonyl (C=O) groups is 1. The Kier molecular flexibility index (Phi) is 6.43. The number of hydrogen-bond donors (Lipinski definition) is 2. The number of aromatic nitrogens is 2. The van der Waals surface area contributed by atoms with E-state index in [-0.39, 0.29) is 11.9 Å². The van der Waals surface area contributed by atoms with Crippen molar-refractivity contribution in [1.29, 1.82) is 0 Å². The van der Waals surface area contributed by atoms with Crippen molar-refractivity contribution in [2.24, 2.45) is 0 Å². The summed E-state index contributed by atoms with van der Waals surface area (Å²) in [4.78, 5) is 16.0. The summed E-state index contributed by atoms with van der Waals surface area (Å²) in [5, 5.41) is 6.24. The van der Waals surface area contributed by atoms with Crippen LogP contribution in [-0.2, 0) is 17.9 Å². The third-order valence-corrected chi connectivity index (χ3v) is 2.85. The number of imidazole rings is 1. The van der Waals surface area contributed by atoms with Gasteiger partial charge in [0.05, 0.1) is 6.54 Å². The lowest BCUT2D eigenvalue weighted by Gasteiger charge is -2.13. The van der Waals surface area contributed by atoms with E-state index in [1.165, 1.54) is 0 Å². The van der Waals surface area contributed by atoms with E-state index in [4.69, 9.17) is 0 Å². The number of carbonyl (C=O) groups excluding carboxylic acids is 1. The van der Waals surface area contributed by atoms with Crippen molar-refractivity contribution >= 4 is 5.91 Å². The maximum absolute atomic E-state index is 11.8. The lowest BCUT2D eigenvalue weighted by molar-refractivity contribution is -0.122. The highest BCUT2D eigenvalue weighted by molar-refractivity contribution is 5.76. The maximum atomic E-state index is 11.8. The number of amides is 1. The Morgan fingerprint density at radius 2 is 2.28 bits per heavy atom. The summed E-state index contributed by atoms with van der Waals surface area (Å²) < 4.78 is 1.89. The molecule has 18 heavy (non-hydrogen) atoms. The Morgan fingerprint density at radius 1 is 1.50 bits per heavy atom. The number of nitrogens with zero attached hydrogens (tertiary/aromatic N) is 2. The smallest absolute Gasteiger partial charge is 0.240 e. The van der Waals surface area contributed by atoms with Crippen LogP contribution in [0.2, 0.25) is 0 Å². The Hall–Kier alpha value is -1.36. The van der Waals surface area contributed by atoms with Crippen LogP contribution >= 0.6 is 0 Å². The number of hydrogen-bond acceptors (Lipinski definition) is 3. The second-order valence-corrected chi connectivity index (χ2v) is 4.52. The van der Waals surface area contributed by atoms with Gasteiger partial charge in [0.15, 0.2) is 0 Å². The molecule has 1 aromatic heterocycles. The van der Waals surface area contributed by atoms with Crippen molar-refractivity contribution in [1.82, 2.24) is 20.2 Å². The second kappa shape index (κ2) is 7.87. The van der Waals surface area contributed by atoms with Crippen molar-refractivity contribution < 1.29 is 4.79 Å². The molecule has 0 aliphatic heterocycles. The molecule has 0 aliphatic rings. The molecule has 0 aromatic carbocycles. The monoisotopic (exact) mass is 252 g/mol. The first-order valence-electron chi connectivity index (χ1n) is 6.67. The van der Waals surface area contributed by atoms with Gasteiger partial charge >= 0.3 is 0 Å². The molecule has 102 valence electrons. The third-order valence-electron chi connectivity index (χ3n) is 2.85.